The van der Waals surface area contributed by atoms with Crippen molar-refractivity contribution in [3.05, 3.63) is 60.2 Å². The molecule has 1 aliphatic heterocycles. The zero-order valence-electron chi connectivity index (χ0n) is 16.4. The number of allylic oxidation sites excluding steroid dienone is 1. The van der Waals surface area contributed by atoms with Gasteiger partial charge in [0.15, 0.2) is 5.78 Å². The lowest BCUT2D eigenvalue weighted by Crippen LogP contribution is -2.55. The van der Waals surface area contributed by atoms with Crippen molar-refractivity contribution in [1.82, 2.24) is 10.2 Å². The van der Waals surface area contributed by atoms with E-state index in [0.29, 0.717) is 23.3 Å². The second-order valence-electron chi connectivity index (χ2n) is 6.79. The van der Waals surface area contributed by atoms with Gasteiger partial charge in [0.05, 0.1) is 0 Å². The number of hydrogen-bond acceptors (Lipinski definition) is 3. The first-order valence-electron chi connectivity index (χ1n) is 9.71. The van der Waals surface area contributed by atoms with Gasteiger partial charge in [0, 0.05) is 24.1 Å². The molecule has 2 aliphatic rings. The Balaban J connectivity index is 0.00000126. The van der Waals surface area contributed by atoms with Crippen molar-refractivity contribution in [1.29, 1.82) is 0 Å². The molecule has 1 N–H and O–H groups in total. The smallest absolute Gasteiger partial charge is 0.252 e. The Hall–Kier alpha value is -2.43. The van der Waals surface area contributed by atoms with E-state index in [9.17, 15) is 14.0 Å². The summed E-state index contributed by atoms with van der Waals surface area (Å²) in [6, 6.07) is 5.93. The maximum Gasteiger partial charge on any atom is 0.252 e. The van der Waals surface area contributed by atoms with Crippen LogP contribution in [0, 0.1) is 11.7 Å². The number of carbonyl (C=O) groups excluding carboxylic acids is 2. The Morgan fingerprint density at radius 1 is 1.26 bits per heavy atom. The van der Waals surface area contributed by atoms with Crippen LogP contribution < -0.4 is 5.32 Å². The number of hydrogen-bond donors (Lipinski definition) is 1. The van der Waals surface area contributed by atoms with Crippen molar-refractivity contribution in [2.45, 2.75) is 58.5 Å². The Morgan fingerprint density at radius 3 is 2.59 bits per heavy atom. The van der Waals surface area contributed by atoms with E-state index in [1.807, 2.05) is 13.8 Å². The monoisotopic (exact) mass is 372 g/mol. The summed E-state index contributed by atoms with van der Waals surface area (Å²) in [5.74, 6) is 0.415. The van der Waals surface area contributed by atoms with Gasteiger partial charge < -0.3 is 5.32 Å². The topological polar surface area (TPSA) is 49.4 Å². The molecule has 1 saturated heterocycles. The number of nitrogens with one attached hydrogen (secondary N) is 1. The molecule has 1 aromatic carbocycles. The summed E-state index contributed by atoms with van der Waals surface area (Å²) in [7, 11) is 0. The van der Waals surface area contributed by atoms with Crippen molar-refractivity contribution in [2.75, 3.05) is 0 Å². The summed E-state index contributed by atoms with van der Waals surface area (Å²) in [5.41, 5.74) is 0.437. The fourth-order valence-corrected chi connectivity index (χ4v) is 3.91. The van der Waals surface area contributed by atoms with Crippen LogP contribution in [-0.2, 0) is 4.79 Å². The van der Waals surface area contributed by atoms with Crippen LogP contribution in [0.15, 0.2) is 48.8 Å². The lowest BCUT2D eigenvalue weighted by Gasteiger charge is -2.43. The van der Waals surface area contributed by atoms with Gasteiger partial charge >= 0.3 is 0 Å². The first-order chi connectivity index (χ1) is 13.0. The molecule has 1 amide bonds. The summed E-state index contributed by atoms with van der Waals surface area (Å²) < 4.78 is 12.9. The molecule has 0 bridgehead atoms. The van der Waals surface area contributed by atoms with E-state index in [-0.39, 0.29) is 30.0 Å². The van der Waals surface area contributed by atoms with Gasteiger partial charge in [0.2, 0.25) is 0 Å². The average Bonchev–Trinajstić information content (AvgIpc) is 3.14. The summed E-state index contributed by atoms with van der Waals surface area (Å²) in [5, 5.41) is 3.29. The summed E-state index contributed by atoms with van der Waals surface area (Å²) in [6.07, 6.45) is 6.34. The summed E-state index contributed by atoms with van der Waals surface area (Å²) >= 11 is 0. The molecule has 1 heterocycles. The van der Waals surface area contributed by atoms with Gasteiger partial charge in [-0.1, -0.05) is 32.9 Å². The quantitative estimate of drug-likeness (QED) is 0.628. The fourth-order valence-electron chi connectivity index (χ4n) is 3.91. The van der Waals surface area contributed by atoms with Crippen LogP contribution in [0.1, 0.15) is 56.8 Å². The minimum atomic E-state index is -0.376. The standard InChI is InChI=1S/C20H23FN2O2.C2H6/c1-13-17-5-3-6-18(17)23(14(2)22-13)20(25)8-4-7-19(24)15-9-11-16(21)12-10-15;1-2/h4,8-13,17-18,22H,2-3,5-7H2,1H3;1-2H3/b8-4-;. The number of benzene rings is 1. The van der Waals surface area contributed by atoms with Crippen LogP contribution in [0.5, 0.6) is 0 Å². The first-order valence-corrected chi connectivity index (χ1v) is 9.71. The molecule has 1 aromatic rings. The normalized spacial score (nSPS) is 24.1. The number of fused-ring (bicyclic) bond motifs is 1. The highest BCUT2D eigenvalue weighted by Gasteiger charge is 2.42. The largest absolute Gasteiger partial charge is 0.369 e. The van der Waals surface area contributed by atoms with Crippen LogP contribution in [-0.4, -0.2) is 28.7 Å². The molecule has 1 saturated carbocycles. The van der Waals surface area contributed by atoms with E-state index < -0.39 is 0 Å². The fraction of sp³-hybridized carbons (Fsp3) is 0.455. The van der Waals surface area contributed by atoms with Gasteiger partial charge in [-0.25, -0.2) is 4.39 Å². The molecule has 2 fully saturated rings. The van der Waals surface area contributed by atoms with Crippen molar-refractivity contribution in [2.24, 2.45) is 5.92 Å². The predicted octanol–water partition coefficient (Wildman–Crippen LogP) is 4.44. The highest BCUT2D eigenvalue weighted by molar-refractivity contribution is 5.98. The molecule has 0 spiro atoms. The van der Waals surface area contributed by atoms with Crippen LogP contribution in [0.2, 0.25) is 0 Å². The van der Waals surface area contributed by atoms with Gasteiger partial charge in [-0.15, -0.1) is 0 Å². The van der Waals surface area contributed by atoms with Crippen LogP contribution in [0.25, 0.3) is 0 Å². The minimum Gasteiger partial charge on any atom is -0.369 e. The van der Waals surface area contributed by atoms with E-state index in [0.717, 1.165) is 19.3 Å². The van der Waals surface area contributed by atoms with Crippen LogP contribution in [0.3, 0.4) is 0 Å². The number of rotatable bonds is 4. The van der Waals surface area contributed by atoms with Gasteiger partial charge in [-0.05, 0) is 56.0 Å². The van der Waals surface area contributed by atoms with Crippen molar-refractivity contribution < 1.29 is 14.0 Å². The molecule has 3 atom stereocenters. The highest BCUT2D eigenvalue weighted by atomic mass is 19.1. The van der Waals surface area contributed by atoms with E-state index >= 15 is 0 Å². The number of ketones is 1. The zero-order chi connectivity index (χ0) is 20.0. The number of nitrogens with zero attached hydrogens (tertiary/aromatic N) is 1. The van der Waals surface area contributed by atoms with Gasteiger partial charge in [-0.2, -0.15) is 0 Å². The number of carbonyl (C=O) groups is 2. The van der Waals surface area contributed by atoms with Crippen molar-refractivity contribution in [3.63, 3.8) is 0 Å². The third-order valence-electron chi connectivity index (χ3n) is 5.16. The molecule has 0 aromatic heterocycles. The second kappa shape index (κ2) is 9.49. The molecular weight excluding hydrogens is 343 g/mol. The molecule has 4 nitrogen and oxygen atoms in total. The molecule has 1 aliphatic carbocycles. The van der Waals surface area contributed by atoms with E-state index in [4.69, 9.17) is 0 Å². The van der Waals surface area contributed by atoms with Crippen molar-refractivity contribution >= 4 is 11.7 Å². The summed E-state index contributed by atoms with van der Waals surface area (Å²) in [6.45, 7) is 10.1. The maximum atomic E-state index is 12.9. The Bertz CT molecular complexity index is 712. The van der Waals surface area contributed by atoms with Crippen LogP contribution in [0.4, 0.5) is 4.39 Å². The Kier molecular flexibility index (Phi) is 7.34. The first kappa shape index (κ1) is 20.9. The number of Topliss-reactive ketones (excluding diaryl/α,β-unsaturated/α-hetero) is 1. The summed E-state index contributed by atoms with van der Waals surface area (Å²) in [4.78, 5) is 26.4. The third kappa shape index (κ3) is 4.85. The van der Waals surface area contributed by atoms with Gasteiger partial charge in [-0.3, -0.25) is 14.5 Å². The highest BCUT2D eigenvalue weighted by Crippen LogP contribution is 2.37. The molecule has 5 heteroatoms. The predicted molar refractivity (Wildman–Crippen MR) is 106 cm³/mol. The average molecular weight is 372 g/mol. The third-order valence-corrected chi connectivity index (χ3v) is 5.16. The zero-order valence-corrected chi connectivity index (χ0v) is 16.4. The Labute approximate surface area is 161 Å². The Morgan fingerprint density at radius 2 is 1.93 bits per heavy atom. The van der Waals surface area contributed by atoms with E-state index in [1.54, 1.807) is 11.0 Å². The van der Waals surface area contributed by atoms with Crippen molar-refractivity contribution in [3.8, 4) is 0 Å². The molecule has 0 radical (unpaired) electrons. The second-order valence-corrected chi connectivity index (χ2v) is 6.79. The lowest BCUT2D eigenvalue weighted by molar-refractivity contribution is -0.128. The molecule has 3 rings (SSSR count). The molecule has 27 heavy (non-hydrogen) atoms. The van der Waals surface area contributed by atoms with Crippen LogP contribution >= 0.6 is 0 Å². The molecule has 3 unspecified atom stereocenters. The molecular formula is C22H29FN2O2. The number of amides is 1. The molecule has 146 valence electrons. The van der Waals surface area contributed by atoms with Gasteiger partial charge in [0.25, 0.3) is 5.91 Å². The SMILES string of the molecule is C=C1NC(C)C2CCCC2N1C(=O)/C=C\CC(=O)c1ccc(F)cc1.CC. The van der Waals surface area contributed by atoms with E-state index in [1.165, 1.54) is 30.3 Å². The van der Waals surface area contributed by atoms with E-state index in [2.05, 4.69) is 18.8 Å². The number of halogens is 1. The van der Waals surface area contributed by atoms with Gasteiger partial charge in [0.1, 0.15) is 11.6 Å². The minimum absolute atomic E-state index is 0.107. The lowest BCUT2D eigenvalue weighted by atomic mass is 9.92. The maximum absolute atomic E-state index is 12.9.